The number of aryl methyl sites for hydroxylation is 1. The van der Waals surface area contributed by atoms with Crippen LogP contribution in [0.15, 0.2) is 42.7 Å². The summed E-state index contributed by atoms with van der Waals surface area (Å²) < 4.78 is 5.74. The Labute approximate surface area is 107 Å². The predicted molar refractivity (Wildman–Crippen MR) is 70.4 cm³/mol. The van der Waals surface area contributed by atoms with Crippen LogP contribution in [0, 0.1) is 6.92 Å². The fraction of sp³-hybridized carbons (Fsp3) is 0.267. The van der Waals surface area contributed by atoms with E-state index in [2.05, 4.69) is 4.98 Å². The molecule has 18 heavy (non-hydrogen) atoms. The molecule has 0 aliphatic rings. The van der Waals surface area contributed by atoms with Gasteiger partial charge in [-0.2, -0.15) is 0 Å². The van der Waals surface area contributed by atoms with Gasteiger partial charge in [-0.1, -0.05) is 18.2 Å². The molecule has 1 N–H and O–H groups in total. The van der Waals surface area contributed by atoms with E-state index >= 15 is 0 Å². The molecule has 0 fully saturated rings. The maximum atomic E-state index is 9.65. The molecule has 2 aromatic rings. The number of aromatic nitrogens is 1. The Kier molecular flexibility index (Phi) is 3.95. The van der Waals surface area contributed by atoms with Crippen LogP contribution in [0.5, 0.6) is 5.75 Å². The molecule has 1 aromatic carbocycles. The molecule has 0 radical (unpaired) electrons. The van der Waals surface area contributed by atoms with Gasteiger partial charge in [-0.15, -0.1) is 0 Å². The summed E-state index contributed by atoms with van der Waals surface area (Å²) >= 11 is 0. The Morgan fingerprint density at radius 3 is 2.78 bits per heavy atom. The van der Waals surface area contributed by atoms with E-state index in [-0.39, 0.29) is 0 Å². The van der Waals surface area contributed by atoms with E-state index in [1.807, 2.05) is 43.5 Å². The number of aliphatic hydroxyl groups excluding tert-OH is 1. The van der Waals surface area contributed by atoms with Crippen LogP contribution in [-0.2, 0) is 6.61 Å². The van der Waals surface area contributed by atoms with Crippen molar-refractivity contribution < 1.29 is 9.84 Å². The van der Waals surface area contributed by atoms with Crippen LogP contribution < -0.4 is 4.74 Å². The number of nitrogens with zero attached hydrogens (tertiary/aromatic N) is 1. The minimum atomic E-state index is -0.531. The second kappa shape index (κ2) is 5.65. The Morgan fingerprint density at radius 2 is 2.06 bits per heavy atom. The molecule has 94 valence electrons. The van der Waals surface area contributed by atoms with E-state index < -0.39 is 6.10 Å². The van der Waals surface area contributed by atoms with Gasteiger partial charge in [-0.05, 0) is 31.5 Å². The first-order valence-corrected chi connectivity index (χ1v) is 5.97. The molecule has 0 bridgehead atoms. The standard InChI is InChI=1S/C15H17NO2/c1-11-7-13(9-16-8-11)10-18-15-6-4-3-5-14(15)12(2)17/h3-9,12,17H,10H2,1-2H3/t12-/m0/s1. The zero-order valence-electron chi connectivity index (χ0n) is 10.6. The molecular weight excluding hydrogens is 226 g/mol. The third-order valence-electron chi connectivity index (χ3n) is 2.70. The second-order valence-electron chi connectivity index (χ2n) is 4.37. The lowest BCUT2D eigenvalue weighted by molar-refractivity contribution is 0.190. The normalized spacial score (nSPS) is 12.2. The number of rotatable bonds is 4. The summed E-state index contributed by atoms with van der Waals surface area (Å²) in [7, 11) is 0. The van der Waals surface area contributed by atoms with Gasteiger partial charge in [0.05, 0.1) is 6.10 Å². The highest BCUT2D eigenvalue weighted by Gasteiger charge is 2.08. The maximum Gasteiger partial charge on any atom is 0.125 e. The lowest BCUT2D eigenvalue weighted by Crippen LogP contribution is -2.01. The zero-order chi connectivity index (χ0) is 13.0. The monoisotopic (exact) mass is 243 g/mol. The molecule has 0 amide bonds. The van der Waals surface area contributed by atoms with Crippen molar-refractivity contribution in [2.24, 2.45) is 0 Å². The zero-order valence-corrected chi connectivity index (χ0v) is 10.6. The van der Waals surface area contributed by atoms with Crippen LogP contribution in [0.1, 0.15) is 29.7 Å². The fourth-order valence-corrected chi connectivity index (χ4v) is 1.81. The van der Waals surface area contributed by atoms with Crippen LogP contribution in [-0.4, -0.2) is 10.1 Å². The van der Waals surface area contributed by atoms with Gasteiger partial charge < -0.3 is 9.84 Å². The molecule has 1 atom stereocenters. The number of pyridine rings is 1. The van der Waals surface area contributed by atoms with Crippen molar-refractivity contribution in [1.29, 1.82) is 0 Å². The van der Waals surface area contributed by atoms with E-state index in [1.54, 1.807) is 13.1 Å². The molecular formula is C15H17NO2. The highest BCUT2D eigenvalue weighted by molar-refractivity contribution is 5.35. The molecule has 2 rings (SSSR count). The van der Waals surface area contributed by atoms with Crippen molar-refractivity contribution in [1.82, 2.24) is 4.98 Å². The van der Waals surface area contributed by atoms with Crippen LogP contribution in [0.4, 0.5) is 0 Å². The third kappa shape index (κ3) is 3.08. The summed E-state index contributed by atoms with van der Waals surface area (Å²) in [6.45, 7) is 4.19. The highest BCUT2D eigenvalue weighted by Crippen LogP contribution is 2.25. The first kappa shape index (κ1) is 12.6. The number of hydrogen-bond donors (Lipinski definition) is 1. The average molecular weight is 243 g/mol. The second-order valence-corrected chi connectivity index (χ2v) is 4.37. The molecule has 0 saturated carbocycles. The number of aliphatic hydroxyl groups is 1. The first-order chi connectivity index (χ1) is 8.66. The summed E-state index contributed by atoms with van der Waals surface area (Å²) in [5.41, 5.74) is 2.94. The van der Waals surface area contributed by atoms with Crippen LogP contribution in [0.2, 0.25) is 0 Å². The molecule has 0 aliphatic heterocycles. The summed E-state index contributed by atoms with van der Waals surface area (Å²) in [5, 5.41) is 9.65. The van der Waals surface area contributed by atoms with Gasteiger partial charge in [-0.25, -0.2) is 0 Å². The van der Waals surface area contributed by atoms with Crippen LogP contribution >= 0.6 is 0 Å². The van der Waals surface area contributed by atoms with Crippen LogP contribution in [0.3, 0.4) is 0 Å². The summed E-state index contributed by atoms with van der Waals surface area (Å²) in [4.78, 5) is 4.12. The predicted octanol–water partition coefficient (Wildman–Crippen LogP) is 3.02. The molecule has 0 unspecified atom stereocenters. The van der Waals surface area contributed by atoms with Gasteiger partial charge in [0.1, 0.15) is 12.4 Å². The van der Waals surface area contributed by atoms with Crippen molar-refractivity contribution >= 4 is 0 Å². The molecule has 1 heterocycles. The van der Waals surface area contributed by atoms with Gasteiger partial charge in [0, 0.05) is 23.5 Å². The summed E-state index contributed by atoms with van der Waals surface area (Å²) in [6, 6.07) is 9.57. The van der Waals surface area contributed by atoms with Crippen molar-refractivity contribution in [2.75, 3.05) is 0 Å². The molecule has 3 heteroatoms. The Bertz CT molecular complexity index is 523. The Hall–Kier alpha value is -1.87. The number of para-hydroxylation sites is 1. The quantitative estimate of drug-likeness (QED) is 0.897. The van der Waals surface area contributed by atoms with Gasteiger partial charge >= 0.3 is 0 Å². The number of benzene rings is 1. The summed E-state index contributed by atoms with van der Waals surface area (Å²) in [6.07, 6.45) is 3.07. The molecule has 3 nitrogen and oxygen atoms in total. The topological polar surface area (TPSA) is 42.4 Å². The fourth-order valence-electron chi connectivity index (χ4n) is 1.81. The van der Waals surface area contributed by atoms with Crippen molar-refractivity contribution in [3.05, 3.63) is 59.4 Å². The van der Waals surface area contributed by atoms with E-state index in [4.69, 9.17) is 4.74 Å². The SMILES string of the molecule is Cc1cncc(COc2ccccc2[C@H](C)O)c1. The first-order valence-electron chi connectivity index (χ1n) is 5.97. The number of ether oxygens (including phenoxy) is 1. The number of hydrogen-bond acceptors (Lipinski definition) is 3. The smallest absolute Gasteiger partial charge is 0.125 e. The maximum absolute atomic E-state index is 9.65. The van der Waals surface area contributed by atoms with E-state index in [1.165, 1.54) is 0 Å². The van der Waals surface area contributed by atoms with E-state index in [0.717, 1.165) is 16.7 Å². The van der Waals surface area contributed by atoms with Crippen molar-refractivity contribution in [3.8, 4) is 5.75 Å². The third-order valence-corrected chi connectivity index (χ3v) is 2.70. The lowest BCUT2D eigenvalue weighted by Gasteiger charge is -2.13. The van der Waals surface area contributed by atoms with E-state index in [0.29, 0.717) is 12.4 Å². The van der Waals surface area contributed by atoms with Gasteiger partial charge in [0.25, 0.3) is 0 Å². The lowest BCUT2D eigenvalue weighted by atomic mass is 10.1. The van der Waals surface area contributed by atoms with Gasteiger partial charge in [-0.3, -0.25) is 4.98 Å². The van der Waals surface area contributed by atoms with Gasteiger partial charge in [0.2, 0.25) is 0 Å². The minimum absolute atomic E-state index is 0.457. The van der Waals surface area contributed by atoms with Crippen molar-refractivity contribution in [2.45, 2.75) is 26.6 Å². The minimum Gasteiger partial charge on any atom is -0.488 e. The summed E-state index contributed by atoms with van der Waals surface area (Å²) in [5.74, 6) is 0.717. The largest absolute Gasteiger partial charge is 0.488 e. The van der Waals surface area contributed by atoms with E-state index in [9.17, 15) is 5.11 Å². The van der Waals surface area contributed by atoms with Crippen LogP contribution in [0.25, 0.3) is 0 Å². The molecule has 0 spiro atoms. The Balaban J connectivity index is 2.11. The highest BCUT2D eigenvalue weighted by atomic mass is 16.5. The average Bonchev–Trinajstić information content (AvgIpc) is 2.37. The Morgan fingerprint density at radius 1 is 1.28 bits per heavy atom. The molecule has 1 aromatic heterocycles. The molecule has 0 aliphatic carbocycles. The van der Waals surface area contributed by atoms with Crippen molar-refractivity contribution in [3.63, 3.8) is 0 Å². The van der Waals surface area contributed by atoms with Gasteiger partial charge in [0.15, 0.2) is 0 Å². The molecule has 0 saturated heterocycles.